The first kappa shape index (κ1) is 12.2. The molecule has 3 aliphatic rings. The Morgan fingerprint density at radius 2 is 1.78 bits per heavy atom. The third-order valence-corrected chi connectivity index (χ3v) is 4.65. The van der Waals surface area contributed by atoms with E-state index in [-0.39, 0.29) is 0 Å². The molecule has 18 heavy (non-hydrogen) atoms. The van der Waals surface area contributed by atoms with Crippen molar-refractivity contribution in [1.29, 1.82) is 0 Å². The molecule has 1 nitrogen and oxygen atoms in total. The van der Waals surface area contributed by atoms with Crippen molar-refractivity contribution in [2.45, 2.75) is 51.4 Å². The molecular formula is C17H25N. The van der Waals surface area contributed by atoms with E-state index in [0.717, 1.165) is 5.92 Å². The van der Waals surface area contributed by atoms with Gasteiger partial charge in [-0.05, 0) is 87.1 Å². The fourth-order valence-corrected chi connectivity index (χ4v) is 3.55. The minimum atomic E-state index is 0.825. The fourth-order valence-electron chi connectivity index (χ4n) is 3.55. The van der Waals surface area contributed by atoms with Crippen LogP contribution < -0.4 is 5.32 Å². The highest BCUT2D eigenvalue weighted by molar-refractivity contribution is 5.41. The molecular weight excluding hydrogens is 218 g/mol. The van der Waals surface area contributed by atoms with E-state index >= 15 is 0 Å². The van der Waals surface area contributed by atoms with Crippen molar-refractivity contribution < 1.29 is 0 Å². The lowest BCUT2D eigenvalue weighted by Crippen LogP contribution is -2.28. The molecule has 0 atom stereocenters. The van der Waals surface area contributed by atoms with Gasteiger partial charge in [-0.15, -0.1) is 0 Å². The number of hydrogen-bond acceptors (Lipinski definition) is 1. The highest BCUT2D eigenvalue weighted by atomic mass is 14.9. The molecule has 1 heteroatoms. The van der Waals surface area contributed by atoms with Crippen molar-refractivity contribution in [3.63, 3.8) is 0 Å². The van der Waals surface area contributed by atoms with Gasteiger partial charge in [-0.2, -0.15) is 0 Å². The molecule has 0 unspecified atom stereocenters. The van der Waals surface area contributed by atoms with Gasteiger partial charge in [-0.1, -0.05) is 18.2 Å². The second-order valence-electron chi connectivity index (χ2n) is 5.91. The zero-order chi connectivity index (χ0) is 12.2. The second kappa shape index (κ2) is 5.88. The highest BCUT2D eigenvalue weighted by Crippen LogP contribution is 2.34. The molecule has 0 bridgehead atoms. The minimum absolute atomic E-state index is 0.825. The predicted molar refractivity (Wildman–Crippen MR) is 77.5 cm³/mol. The summed E-state index contributed by atoms with van der Waals surface area (Å²) in [6.45, 7) is 2.40. The molecule has 1 aliphatic heterocycles. The van der Waals surface area contributed by atoms with Gasteiger partial charge >= 0.3 is 0 Å². The largest absolute Gasteiger partial charge is 0.317 e. The van der Waals surface area contributed by atoms with Crippen molar-refractivity contribution in [3.05, 3.63) is 34.9 Å². The number of hydrogen-bond donors (Lipinski definition) is 1. The summed E-state index contributed by atoms with van der Waals surface area (Å²) < 4.78 is 0. The Balaban J connectivity index is 1.73. The lowest BCUT2D eigenvalue weighted by Gasteiger charge is -2.27. The maximum absolute atomic E-state index is 3.47. The fraction of sp³-hybridized carbons (Fsp3) is 0.647. The van der Waals surface area contributed by atoms with Crippen LogP contribution >= 0.6 is 0 Å². The number of nitrogens with one attached hydrogen (secondary N) is 1. The van der Waals surface area contributed by atoms with Crippen LogP contribution in [0.3, 0.4) is 0 Å². The standard InChI is InChI=1S/C17H25N/c1-2-5-14(6-3-1)16-7-4-8-17(13-16)15-9-11-18-12-10-15/h5,8,13,15,18H,1-4,6-7,9-12H2. The van der Waals surface area contributed by atoms with Gasteiger partial charge < -0.3 is 5.32 Å². The Morgan fingerprint density at radius 1 is 0.889 bits per heavy atom. The van der Waals surface area contributed by atoms with Crippen LogP contribution in [0.5, 0.6) is 0 Å². The molecule has 0 aromatic heterocycles. The van der Waals surface area contributed by atoms with Crippen LogP contribution in [0.15, 0.2) is 34.9 Å². The summed E-state index contributed by atoms with van der Waals surface area (Å²) in [6.07, 6.45) is 18.2. The summed E-state index contributed by atoms with van der Waals surface area (Å²) >= 11 is 0. The molecule has 0 aromatic carbocycles. The highest BCUT2D eigenvalue weighted by Gasteiger charge is 2.19. The third-order valence-electron chi connectivity index (χ3n) is 4.65. The van der Waals surface area contributed by atoms with Gasteiger partial charge in [0.1, 0.15) is 0 Å². The van der Waals surface area contributed by atoms with E-state index in [0.29, 0.717) is 0 Å². The van der Waals surface area contributed by atoms with Crippen LogP contribution in [0, 0.1) is 5.92 Å². The third kappa shape index (κ3) is 2.77. The Labute approximate surface area is 111 Å². The average Bonchev–Trinajstić information content (AvgIpc) is 2.49. The van der Waals surface area contributed by atoms with Gasteiger partial charge in [0.25, 0.3) is 0 Å². The van der Waals surface area contributed by atoms with E-state index in [1.54, 1.807) is 16.7 Å². The van der Waals surface area contributed by atoms with Gasteiger partial charge in [0.05, 0.1) is 0 Å². The molecule has 1 N–H and O–H groups in total. The average molecular weight is 243 g/mol. The topological polar surface area (TPSA) is 12.0 Å². The van der Waals surface area contributed by atoms with E-state index in [1.165, 1.54) is 64.5 Å². The Kier molecular flexibility index (Phi) is 3.99. The van der Waals surface area contributed by atoms with Crippen LogP contribution in [0.4, 0.5) is 0 Å². The van der Waals surface area contributed by atoms with Gasteiger partial charge in [-0.25, -0.2) is 0 Å². The zero-order valence-corrected chi connectivity index (χ0v) is 11.4. The maximum Gasteiger partial charge on any atom is -0.00431 e. The summed E-state index contributed by atoms with van der Waals surface area (Å²) in [4.78, 5) is 0. The first-order valence-electron chi connectivity index (χ1n) is 7.74. The molecule has 0 amide bonds. The van der Waals surface area contributed by atoms with E-state index in [1.807, 2.05) is 0 Å². The van der Waals surface area contributed by atoms with E-state index in [4.69, 9.17) is 0 Å². The molecule has 3 rings (SSSR count). The van der Waals surface area contributed by atoms with Crippen molar-refractivity contribution in [3.8, 4) is 0 Å². The van der Waals surface area contributed by atoms with Crippen LogP contribution in [-0.2, 0) is 0 Å². The number of rotatable bonds is 2. The zero-order valence-electron chi connectivity index (χ0n) is 11.4. The normalized spacial score (nSPS) is 26.3. The maximum atomic E-state index is 3.47. The summed E-state index contributed by atoms with van der Waals surface area (Å²) in [5.74, 6) is 0.825. The minimum Gasteiger partial charge on any atom is -0.317 e. The Hall–Kier alpha value is -0.820. The summed E-state index contributed by atoms with van der Waals surface area (Å²) in [7, 11) is 0. The van der Waals surface area contributed by atoms with Crippen LogP contribution in [-0.4, -0.2) is 13.1 Å². The molecule has 0 saturated carbocycles. The van der Waals surface area contributed by atoms with Gasteiger partial charge in [0, 0.05) is 0 Å². The van der Waals surface area contributed by atoms with Gasteiger partial charge in [-0.3, -0.25) is 0 Å². The summed E-state index contributed by atoms with van der Waals surface area (Å²) in [6, 6.07) is 0. The van der Waals surface area contributed by atoms with Crippen LogP contribution in [0.2, 0.25) is 0 Å². The Bertz CT molecular complexity index is 380. The summed E-state index contributed by atoms with van der Waals surface area (Å²) in [5, 5.41) is 3.47. The monoisotopic (exact) mass is 243 g/mol. The van der Waals surface area contributed by atoms with Crippen molar-refractivity contribution in [2.75, 3.05) is 13.1 Å². The van der Waals surface area contributed by atoms with Crippen molar-refractivity contribution >= 4 is 0 Å². The molecule has 1 heterocycles. The number of piperidine rings is 1. The first-order valence-corrected chi connectivity index (χ1v) is 7.74. The second-order valence-corrected chi connectivity index (χ2v) is 5.91. The van der Waals surface area contributed by atoms with Crippen molar-refractivity contribution in [2.24, 2.45) is 5.92 Å². The summed E-state index contributed by atoms with van der Waals surface area (Å²) in [5.41, 5.74) is 4.97. The van der Waals surface area contributed by atoms with Gasteiger partial charge in [0.2, 0.25) is 0 Å². The lowest BCUT2D eigenvalue weighted by atomic mass is 9.81. The molecule has 98 valence electrons. The van der Waals surface area contributed by atoms with E-state index in [2.05, 4.69) is 23.5 Å². The molecule has 1 fully saturated rings. The number of allylic oxidation sites excluding steroid dienone is 6. The van der Waals surface area contributed by atoms with E-state index in [9.17, 15) is 0 Å². The predicted octanol–water partition coefficient (Wildman–Crippen LogP) is 4.13. The van der Waals surface area contributed by atoms with Crippen molar-refractivity contribution in [1.82, 2.24) is 5.32 Å². The quantitative estimate of drug-likeness (QED) is 0.769. The van der Waals surface area contributed by atoms with Gasteiger partial charge in [0.15, 0.2) is 0 Å². The molecule has 1 saturated heterocycles. The molecule has 0 aromatic rings. The van der Waals surface area contributed by atoms with E-state index < -0.39 is 0 Å². The first-order chi connectivity index (χ1) is 8.93. The van der Waals surface area contributed by atoms with Crippen LogP contribution in [0.1, 0.15) is 51.4 Å². The molecule has 2 aliphatic carbocycles. The Morgan fingerprint density at radius 3 is 2.56 bits per heavy atom. The SMILES string of the molecule is C1=C(C2=CCCCC2)CCC=C1C1CCNCC1. The lowest BCUT2D eigenvalue weighted by molar-refractivity contribution is 0.423. The van der Waals surface area contributed by atoms with Crippen LogP contribution in [0.25, 0.3) is 0 Å². The smallest absolute Gasteiger partial charge is 0.00431 e. The molecule has 0 spiro atoms. The molecule has 0 radical (unpaired) electrons.